The summed E-state index contributed by atoms with van der Waals surface area (Å²) in [6.07, 6.45) is 1.81. The zero-order valence-electron chi connectivity index (χ0n) is 10.3. The number of aromatic nitrogens is 2. The van der Waals surface area contributed by atoms with Gasteiger partial charge < -0.3 is 5.32 Å². The summed E-state index contributed by atoms with van der Waals surface area (Å²) < 4.78 is 2.89. The summed E-state index contributed by atoms with van der Waals surface area (Å²) >= 11 is 9.56. The van der Waals surface area contributed by atoms with Crippen LogP contribution in [0, 0.1) is 0 Å². The Morgan fingerprint density at radius 2 is 2.22 bits per heavy atom. The highest BCUT2D eigenvalue weighted by Gasteiger charge is 2.18. The Bertz CT molecular complexity index is 539. The monoisotopic (exact) mass is 327 g/mol. The van der Waals surface area contributed by atoms with Crippen LogP contribution in [-0.2, 0) is 7.05 Å². The Balaban J connectivity index is 2.45. The molecular weight excluding hydrogens is 314 g/mol. The predicted octanol–water partition coefficient (Wildman–Crippen LogP) is 3.53. The van der Waals surface area contributed by atoms with Crippen LogP contribution < -0.4 is 5.32 Å². The van der Waals surface area contributed by atoms with Crippen molar-refractivity contribution in [3.63, 3.8) is 0 Å². The molecule has 3 nitrogen and oxygen atoms in total. The zero-order valence-corrected chi connectivity index (χ0v) is 12.7. The summed E-state index contributed by atoms with van der Waals surface area (Å²) in [6.45, 7) is 2.97. The molecule has 1 unspecified atom stereocenters. The van der Waals surface area contributed by atoms with E-state index in [0.29, 0.717) is 0 Å². The van der Waals surface area contributed by atoms with Crippen molar-refractivity contribution in [2.45, 2.75) is 13.0 Å². The van der Waals surface area contributed by atoms with Crippen LogP contribution in [0.3, 0.4) is 0 Å². The van der Waals surface area contributed by atoms with Gasteiger partial charge in [-0.05, 0) is 30.3 Å². The zero-order chi connectivity index (χ0) is 13.1. The minimum atomic E-state index is 0.106. The van der Waals surface area contributed by atoms with Gasteiger partial charge >= 0.3 is 0 Å². The SMILES string of the molecule is CCNC(c1ccc(Cl)cc1Br)c1ccnn1C. The average molecular weight is 329 g/mol. The van der Waals surface area contributed by atoms with Gasteiger partial charge in [-0.2, -0.15) is 5.10 Å². The summed E-state index contributed by atoms with van der Waals surface area (Å²) in [4.78, 5) is 0. The van der Waals surface area contributed by atoms with E-state index in [2.05, 4.69) is 33.3 Å². The summed E-state index contributed by atoms with van der Waals surface area (Å²) in [5.41, 5.74) is 2.28. The van der Waals surface area contributed by atoms with Gasteiger partial charge in [-0.15, -0.1) is 0 Å². The van der Waals surface area contributed by atoms with Crippen molar-refractivity contribution in [1.29, 1.82) is 0 Å². The number of nitrogens with one attached hydrogen (secondary N) is 1. The molecule has 0 bridgehead atoms. The third kappa shape index (κ3) is 2.76. The van der Waals surface area contributed by atoms with Crippen molar-refractivity contribution in [3.8, 4) is 0 Å². The van der Waals surface area contributed by atoms with E-state index in [1.54, 1.807) is 0 Å². The molecule has 0 aliphatic heterocycles. The maximum absolute atomic E-state index is 5.99. The van der Waals surface area contributed by atoms with E-state index in [9.17, 15) is 0 Å². The molecule has 0 aliphatic rings. The first kappa shape index (κ1) is 13.6. The Morgan fingerprint density at radius 1 is 1.44 bits per heavy atom. The van der Waals surface area contributed by atoms with Crippen molar-refractivity contribution >= 4 is 27.5 Å². The van der Waals surface area contributed by atoms with Gasteiger partial charge in [0.1, 0.15) is 0 Å². The minimum Gasteiger partial charge on any atom is -0.305 e. The Hall–Kier alpha value is -0.840. The van der Waals surface area contributed by atoms with Gasteiger partial charge in [-0.25, -0.2) is 0 Å². The fraction of sp³-hybridized carbons (Fsp3) is 0.308. The molecule has 0 spiro atoms. The van der Waals surface area contributed by atoms with E-state index >= 15 is 0 Å². The lowest BCUT2D eigenvalue weighted by molar-refractivity contribution is 0.571. The molecule has 0 amide bonds. The number of hydrogen-bond acceptors (Lipinski definition) is 2. The molecule has 1 heterocycles. The van der Waals surface area contributed by atoms with Crippen molar-refractivity contribution < 1.29 is 0 Å². The van der Waals surface area contributed by atoms with E-state index in [1.807, 2.05) is 42.2 Å². The second kappa shape index (κ2) is 5.87. The van der Waals surface area contributed by atoms with E-state index in [0.717, 1.165) is 27.3 Å². The first-order valence-corrected chi connectivity index (χ1v) is 6.96. The third-order valence-corrected chi connectivity index (χ3v) is 3.76. The maximum Gasteiger partial charge on any atom is 0.0759 e. The number of rotatable bonds is 4. The van der Waals surface area contributed by atoms with E-state index in [-0.39, 0.29) is 6.04 Å². The number of nitrogens with zero attached hydrogens (tertiary/aromatic N) is 2. The summed E-state index contributed by atoms with van der Waals surface area (Å²) in [7, 11) is 1.95. The summed E-state index contributed by atoms with van der Waals surface area (Å²) in [6, 6.07) is 7.98. The van der Waals surface area contributed by atoms with E-state index in [4.69, 9.17) is 11.6 Å². The fourth-order valence-electron chi connectivity index (χ4n) is 1.98. The third-order valence-electron chi connectivity index (χ3n) is 2.84. The maximum atomic E-state index is 5.99. The summed E-state index contributed by atoms with van der Waals surface area (Å²) in [5.74, 6) is 0. The lowest BCUT2D eigenvalue weighted by Crippen LogP contribution is -2.24. The van der Waals surface area contributed by atoms with Gasteiger partial charge in [-0.1, -0.05) is 40.5 Å². The minimum absolute atomic E-state index is 0.106. The van der Waals surface area contributed by atoms with Crippen molar-refractivity contribution in [3.05, 3.63) is 51.2 Å². The van der Waals surface area contributed by atoms with Crippen LogP contribution in [0.4, 0.5) is 0 Å². The molecule has 0 fully saturated rings. The van der Waals surface area contributed by atoms with Crippen molar-refractivity contribution in [2.24, 2.45) is 7.05 Å². The number of hydrogen-bond donors (Lipinski definition) is 1. The molecule has 1 aromatic heterocycles. The predicted molar refractivity (Wildman–Crippen MR) is 77.9 cm³/mol. The van der Waals surface area contributed by atoms with Gasteiger partial charge in [0.05, 0.1) is 11.7 Å². The Labute approximate surface area is 120 Å². The number of benzene rings is 1. The van der Waals surface area contributed by atoms with Crippen LogP contribution in [-0.4, -0.2) is 16.3 Å². The first-order chi connectivity index (χ1) is 8.63. The molecule has 2 aromatic rings. The average Bonchev–Trinajstić information content (AvgIpc) is 2.73. The van der Waals surface area contributed by atoms with Crippen LogP contribution in [0.15, 0.2) is 34.9 Å². The van der Waals surface area contributed by atoms with E-state index in [1.165, 1.54) is 0 Å². The molecule has 0 aliphatic carbocycles. The largest absolute Gasteiger partial charge is 0.305 e. The van der Waals surface area contributed by atoms with Gasteiger partial charge in [0.2, 0.25) is 0 Å². The highest BCUT2D eigenvalue weighted by Crippen LogP contribution is 2.30. The normalized spacial score (nSPS) is 12.7. The van der Waals surface area contributed by atoms with Gasteiger partial charge in [-0.3, -0.25) is 4.68 Å². The highest BCUT2D eigenvalue weighted by molar-refractivity contribution is 9.10. The smallest absolute Gasteiger partial charge is 0.0759 e. The Morgan fingerprint density at radius 3 is 2.78 bits per heavy atom. The second-order valence-corrected chi connectivity index (χ2v) is 5.33. The van der Waals surface area contributed by atoms with Crippen LogP contribution in [0.25, 0.3) is 0 Å². The molecule has 0 saturated carbocycles. The fourth-order valence-corrected chi connectivity index (χ4v) is 2.89. The molecular formula is C13H15BrClN3. The van der Waals surface area contributed by atoms with Crippen LogP contribution in [0.5, 0.6) is 0 Å². The molecule has 1 N–H and O–H groups in total. The number of aryl methyl sites for hydroxylation is 1. The van der Waals surface area contributed by atoms with Crippen molar-refractivity contribution in [2.75, 3.05) is 6.54 Å². The first-order valence-electron chi connectivity index (χ1n) is 5.79. The van der Waals surface area contributed by atoms with Gasteiger partial charge in [0, 0.05) is 22.7 Å². The van der Waals surface area contributed by atoms with Crippen molar-refractivity contribution in [1.82, 2.24) is 15.1 Å². The molecule has 2 rings (SSSR count). The second-order valence-electron chi connectivity index (χ2n) is 4.04. The van der Waals surface area contributed by atoms with Gasteiger partial charge in [0.15, 0.2) is 0 Å². The van der Waals surface area contributed by atoms with Crippen LogP contribution >= 0.6 is 27.5 Å². The molecule has 0 saturated heterocycles. The molecule has 0 radical (unpaired) electrons. The van der Waals surface area contributed by atoms with Crippen LogP contribution in [0.1, 0.15) is 24.2 Å². The molecule has 1 aromatic carbocycles. The van der Waals surface area contributed by atoms with E-state index < -0.39 is 0 Å². The van der Waals surface area contributed by atoms with Gasteiger partial charge in [0.25, 0.3) is 0 Å². The molecule has 96 valence electrons. The summed E-state index contributed by atoms with van der Waals surface area (Å²) in [5, 5.41) is 8.42. The van der Waals surface area contributed by atoms with Crippen LogP contribution in [0.2, 0.25) is 5.02 Å². The topological polar surface area (TPSA) is 29.9 Å². The highest BCUT2D eigenvalue weighted by atomic mass is 79.9. The number of halogens is 2. The molecule has 1 atom stereocenters. The molecule has 5 heteroatoms. The Kier molecular flexibility index (Phi) is 4.43. The quantitative estimate of drug-likeness (QED) is 0.930. The lowest BCUT2D eigenvalue weighted by Gasteiger charge is -2.20. The lowest BCUT2D eigenvalue weighted by atomic mass is 10.0. The standard InChI is InChI=1S/C13H15BrClN3/c1-3-16-13(12-6-7-17-18(12)2)10-5-4-9(15)8-11(10)14/h4-8,13,16H,3H2,1-2H3. The molecule has 18 heavy (non-hydrogen) atoms.